The van der Waals surface area contributed by atoms with Crippen LogP contribution in [-0.4, -0.2) is 46.3 Å². The number of phenolic OH excluding ortho intramolecular Hbond substituents is 1. The van der Waals surface area contributed by atoms with Gasteiger partial charge in [0.1, 0.15) is 11.5 Å². The summed E-state index contributed by atoms with van der Waals surface area (Å²) in [7, 11) is 0. The molecule has 0 radical (unpaired) electrons. The van der Waals surface area contributed by atoms with Crippen LogP contribution >= 0.6 is 11.3 Å². The maximum Gasteiger partial charge on any atom is 0.231 e. The van der Waals surface area contributed by atoms with Crippen molar-refractivity contribution in [3.63, 3.8) is 0 Å². The van der Waals surface area contributed by atoms with Gasteiger partial charge in [-0.15, -0.1) is 11.3 Å². The van der Waals surface area contributed by atoms with E-state index in [0.717, 1.165) is 56.5 Å². The second kappa shape index (κ2) is 15.5. The van der Waals surface area contributed by atoms with Gasteiger partial charge in [0.05, 0.1) is 18.0 Å². The van der Waals surface area contributed by atoms with Crippen molar-refractivity contribution >= 4 is 23.4 Å². The lowest BCUT2D eigenvalue weighted by molar-refractivity contribution is -0.105. The summed E-state index contributed by atoms with van der Waals surface area (Å²) in [6.45, 7) is 2.56. The number of carbonyl (C=O) groups is 1. The van der Waals surface area contributed by atoms with E-state index >= 15 is 0 Å². The zero-order valence-electron chi connectivity index (χ0n) is 24.9. The van der Waals surface area contributed by atoms with Crippen molar-refractivity contribution in [3.8, 4) is 5.75 Å². The van der Waals surface area contributed by atoms with E-state index in [2.05, 4.69) is 33.1 Å². The number of benzene rings is 2. The Morgan fingerprint density at radius 1 is 1.00 bits per heavy atom. The molecule has 1 aliphatic carbocycles. The highest BCUT2D eigenvalue weighted by atomic mass is 32.1. The van der Waals surface area contributed by atoms with E-state index in [-0.39, 0.29) is 17.4 Å². The minimum absolute atomic E-state index is 0.0439. The molecular formula is C34H42N4O5S. The molecule has 1 saturated carbocycles. The van der Waals surface area contributed by atoms with Crippen LogP contribution in [0.2, 0.25) is 0 Å². The van der Waals surface area contributed by atoms with Crippen LogP contribution in [0.3, 0.4) is 0 Å². The molecule has 5 rings (SSSR count). The van der Waals surface area contributed by atoms with E-state index in [0.29, 0.717) is 37.4 Å². The van der Waals surface area contributed by atoms with E-state index in [9.17, 15) is 20.1 Å². The number of aromatic nitrogens is 1. The van der Waals surface area contributed by atoms with Crippen molar-refractivity contribution in [2.45, 2.75) is 63.2 Å². The lowest BCUT2D eigenvalue weighted by atomic mass is 9.73. The Kier molecular flexibility index (Phi) is 11.2. The molecule has 1 amide bonds. The molecule has 0 bridgehead atoms. The monoisotopic (exact) mass is 618 g/mol. The van der Waals surface area contributed by atoms with E-state index in [4.69, 9.17) is 4.42 Å². The second-order valence-electron chi connectivity index (χ2n) is 11.4. The smallest absolute Gasteiger partial charge is 0.231 e. The summed E-state index contributed by atoms with van der Waals surface area (Å²) in [5.41, 5.74) is 0.517. The van der Waals surface area contributed by atoms with Crippen molar-refractivity contribution < 1.29 is 24.5 Å². The number of anilines is 1. The molecule has 1 fully saturated rings. The molecule has 10 heteroatoms. The predicted molar refractivity (Wildman–Crippen MR) is 172 cm³/mol. The molecule has 0 saturated heterocycles. The number of nitrogens with one attached hydrogen (secondary N) is 3. The Labute approximate surface area is 262 Å². The highest BCUT2D eigenvalue weighted by Gasteiger charge is 2.44. The number of hydrogen-bond acceptors (Lipinski definition) is 9. The van der Waals surface area contributed by atoms with Gasteiger partial charge >= 0.3 is 0 Å². The summed E-state index contributed by atoms with van der Waals surface area (Å²) >= 11 is 1.76. The Balaban J connectivity index is 1.05. The van der Waals surface area contributed by atoms with Gasteiger partial charge in [0.15, 0.2) is 5.60 Å². The Morgan fingerprint density at radius 2 is 1.77 bits per heavy atom. The number of aliphatic hydroxyl groups excluding tert-OH is 1. The zero-order chi connectivity index (χ0) is 30.8. The molecule has 234 valence electrons. The first kappa shape index (κ1) is 31.9. The standard InChI is InChI=1S/C34H42N4O5S/c39-23-38-30-19-24(11-14-31(30)40)32(41)22-36-18-16-28-12-13-29(44-28)21-35-17-15-27-20-37-33(43-27)34(42,25-7-3-1-4-8-25)26-9-5-2-6-10-26/h1,3-4,7-8,11-14,19-20,23,26,32,35-36,40-42H,2,5-6,9-10,15-18,21-22H2,(H,38,39)/t32-,34-/m0/s1. The van der Waals surface area contributed by atoms with Gasteiger partial charge in [-0.3, -0.25) is 4.79 Å². The number of phenols is 1. The van der Waals surface area contributed by atoms with Crippen LogP contribution in [-0.2, 0) is 29.8 Å². The molecule has 2 atom stereocenters. The number of carbonyl (C=O) groups excluding carboxylic acids is 1. The molecule has 4 aromatic rings. The predicted octanol–water partition coefficient (Wildman–Crippen LogP) is 5.02. The number of thiophene rings is 1. The van der Waals surface area contributed by atoms with Gasteiger partial charge in [-0.2, -0.15) is 0 Å². The first-order valence-corrected chi connectivity index (χ1v) is 16.2. The number of hydrogen-bond donors (Lipinski definition) is 6. The van der Waals surface area contributed by atoms with E-state index in [1.54, 1.807) is 29.7 Å². The largest absolute Gasteiger partial charge is 0.506 e. The average molecular weight is 619 g/mol. The minimum atomic E-state index is -1.21. The lowest BCUT2D eigenvalue weighted by Gasteiger charge is -2.36. The number of amides is 1. The zero-order valence-corrected chi connectivity index (χ0v) is 25.7. The van der Waals surface area contributed by atoms with Crippen LogP contribution in [0.5, 0.6) is 5.75 Å². The number of rotatable bonds is 16. The van der Waals surface area contributed by atoms with Gasteiger partial charge < -0.3 is 35.7 Å². The van der Waals surface area contributed by atoms with Crippen molar-refractivity contribution in [1.82, 2.24) is 15.6 Å². The first-order valence-electron chi connectivity index (χ1n) is 15.4. The van der Waals surface area contributed by atoms with Gasteiger partial charge in [-0.25, -0.2) is 4.98 Å². The van der Waals surface area contributed by atoms with Crippen molar-refractivity contribution in [3.05, 3.63) is 99.4 Å². The van der Waals surface area contributed by atoms with Gasteiger partial charge in [0.25, 0.3) is 0 Å². The molecule has 2 heterocycles. The molecule has 2 aromatic carbocycles. The number of oxazole rings is 1. The molecule has 0 spiro atoms. The SMILES string of the molecule is O=CNc1cc([C@@H](O)CNCCc2ccc(CNCCc3cnc([C@](O)(c4ccccc4)C4CCCCC4)o3)s2)ccc1O. The fourth-order valence-corrected chi connectivity index (χ4v) is 6.92. The first-order chi connectivity index (χ1) is 21.5. The molecule has 0 aliphatic heterocycles. The quantitative estimate of drug-likeness (QED) is 0.0584. The number of aliphatic hydroxyl groups is 2. The molecule has 6 N–H and O–H groups in total. The lowest BCUT2D eigenvalue weighted by Crippen LogP contribution is -2.38. The second-order valence-corrected chi connectivity index (χ2v) is 12.7. The molecule has 44 heavy (non-hydrogen) atoms. The van der Waals surface area contributed by atoms with E-state index < -0.39 is 11.7 Å². The Bertz CT molecular complexity index is 1470. The Hall–Kier alpha value is -3.54. The van der Waals surface area contributed by atoms with Crippen LogP contribution in [0.15, 0.2) is 71.3 Å². The molecule has 9 nitrogen and oxygen atoms in total. The normalized spacial score (nSPS) is 16.0. The molecule has 0 unspecified atom stereocenters. The summed E-state index contributed by atoms with van der Waals surface area (Å²) in [6, 6.07) is 18.7. The fourth-order valence-electron chi connectivity index (χ4n) is 5.93. The maximum absolute atomic E-state index is 12.0. The minimum Gasteiger partial charge on any atom is -0.506 e. The van der Waals surface area contributed by atoms with Crippen molar-refractivity contribution in [2.24, 2.45) is 5.92 Å². The fraction of sp³-hybridized carbons (Fsp3) is 0.412. The number of nitrogens with zero attached hydrogens (tertiary/aromatic N) is 1. The molecular weight excluding hydrogens is 576 g/mol. The third-order valence-electron chi connectivity index (χ3n) is 8.36. The molecule has 2 aromatic heterocycles. The topological polar surface area (TPSA) is 140 Å². The summed E-state index contributed by atoms with van der Waals surface area (Å²) in [4.78, 5) is 17.8. The van der Waals surface area contributed by atoms with Crippen LogP contribution in [0.25, 0.3) is 0 Å². The Morgan fingerprint density at radius 3 is 2.57 bits per heavy atom. The molecule has 1 aliphatic rings. The maximum atomic E-state index is 12.0. The van der Waals surface area contributed by atoms with Gasteiger partial charge in [-0.05, 0) is 54.7 Å². The number of aromatic hydroxyl groups is 1. The van der Waals surface area contributed by atoms with Crippen LogP contribution in [0.1, 0.15) is 70.7 Å². The van der Waals surface area contributed by atoms with E-state index in [1.165, 1.54) is 22.2 Å². The third kappa shape index (κ3) is 7.94. The van der Waals surface area contributed by atoms with Crippen LogP contribution in [0, 0.1) is 5.92 Å². The third-order valence-corrected chi connectivity index (χ3v) is 9.50. The summed E-state index contributed by atoms with van der Waals surface area (Å²) in [5, 5.41) is 41.4. The van der Waals surface area contributed by atoms with E-state index in [1.807, 2.05) is 30.3 Å². The highest BCUT2D eigenvalue weighted by molar-refractivity contribution is 7.11. The highest BCUT2D eigenvalue weighted by Crippen LogP contribution is 2.43. The van der Waals surface area contributed by atoms with Crippen LogP contribution < -0.4 is 16.0 Å². The van der Waals surface area contributed by atoms with Gasteiger partial charge in [0, 0.05) is 48.3 Å². The van der Waals surface area contributed by atoms with Crippen molar-refractivity contribution in [1.29, 1.82) is 0 Å². The van der Waals surface area contributed by atoms with Crippen LogP contribution in [0.4, 0.5) is 5.69 Å². The van der Waals surface area contributed by atoms with Gasteiger partial charge in [-0.1, -0.05) is 55.7 Å². The summed E-state index contributed by atoms with van der Waals surface area (Å²) in [5.74, 6) is 1.21. The van der Waals surface area contributed by atoms with Gasteiger partial charge in [0.2, 0.25) is 12.3 Å². The average Bonchev–Trinajstić information content (AvgIpc) is 3.73. The summed E-state index contributed by atoms with van der Waals surface area (Å²) in [6.07, 6.45) is 8.39. The summed E-state index contributed by atoms with van der Waals surface area (Å²) < 4.78 is 6.18. The van der Waals surface area contributed by atoms with Crippen molar-refractivity contribution in [2.75, 3.05) is 25.0 Å².